The van der Waals surface area contributed by atoms with Crippen LogP contribution in [-0.4, -0.2) is 120 Å². The van der Waals surface area contributed by atoms with Gasteiger partial charge in [-0.15, -0.1) is 22.7 Å². The molecule has 2 aromatic heterocycles. The maximum atomic E-state index is 11.5. The van der Waals surface area contributed by atoms with E-state index in [1.54, 1.807) is 99.5 Å². The summed E-state index contributed by atoms with van der Waals surface area (Å²) in [5.74, 6) is 3.92. The predicted molar refractivity (Wildman–Crippen MR) is 412 cm³/mol. The Hall–Kier alpha value is -7.94. The maximum absolute atomic E-state index is 11.5. The molecule has 0 fully saturated rings. The van der Waals surface area contributed by atoms with Gasteiger partial charge >= 0.3 is 33.2 Å². The molecular formula is C75H89B2Br2N4O15S2. The topological polar surface area (TPSA) is 285 Å². The highest BCUT2D eigenvalue weighted by Crippen LogP contribution is 2.42. The van der Waals surface area contributed by atoms with Crippen molar-refractivity contribution >= 4 is 134 Å². The van der Waals surface area contributed by atoms with E-state index < -0.39 is 36.2 Å². The number of thiophene rings is 2. The van der Waals surface area contributed by atoms with Gasteiger partial charge in [-0.05, 0) is 275 Å². The fourth-order valence-electron chi connectivity index (χ4n) is 9.92. The van der Waals surface area contributed by atoms with Crippen LogP contribution in [0.25, 0.3) is 62.6 Å². The lowest BCUT2D eigenvalue weighted by atomic mass is 9.80. The molecule has 19 nitrogen and oxygen atoms in total. The molecule has 10 N–H and O–H groups in total. The van der Waals surface area contributed by atoms with Gasteiger partial charge in [0.1, 0.15) is 45.6 Å². The fourth-order valence-corrected chi connectivity index (χ4v) is 13.2. The summed E-state index contributed by atoms with van der Waals surface area (Å²) in [5.41, 5.74) is 24.9. The zero-order valence-electron chi connectivity index (χ0n) is 58.7. The average molecular weight is 1530 g/mol. The molecule has 1 radical (unpaired) electrons. The molecule has 0 unspecified atom stereocenters. The summed E-state index contributed by atoms with van der Waals surface area (Å²) in [6.45, 7) is 18.0. The van der Waals surface area contributed by atoms with Gasteiger partial charge in [-0.2, -0.15) is 0 Å². The number of hydrogen-bond acceptors (Lipinski definition) is 20. The molecule has 10 aromatic rings. The predicted octanol–water partition coefficient (Wildman–Crippen LogP) is 15.4. The molecule has 25 heteroatoms. The zero-order chi connectivity index (χ0) is 73.5. The van der Waals surface area contributed by atoms with Crippen molar-refractivity contribution in [1.29, 1.82) is 0 Å². The van der Waals surface area contributed by atoms with E-state index >= 15 is 0 Å². The molecule has 0 aliphatic heterocycles. The normalized spacial score (nSPS) is 11.1. The number of carbonyl (C=O) groups is 3. The Morgan fingerprint density at radius 2 is 0.840 bits per heavy atom. The largest absolute Gasteiger partial charge is 0.569 e. The van der Waals surface area contributed by atoms with E-state index in [-0.39, 0.29) is 6.09 Å². The number of rotatable bonds is 18. The fraction of sp³-hybridized carbons (Fsp3) is 0.320. The molecule has 0 saturated heterocycles. The molecule has 0 saturated carbocycles. The molecule has 0 atom stereocenters. The van der Waals surface area contributed by atoms with E-state index in [1.165, 1.54) is 36.9 Å². The van der Waals surface area contributed by atoms with Crippen LogP contribution in [0.5, 0.6) is 28.7 Å². The van der Waals surface area contributed by atoms with Crippen molar-refractivity contribution in [3.05, 3.63) is 177 Å². The SMILES string of the molecule is CC(C)(C)OC(=O)OC(=O)OC(C)(C)C.COc1ccc(CCN)cc1-c1ccc2sc3ccc(-c4cc(CCN)ccc4OC)cc3c2c1.COc1ccc(CCN)cc1Br.COc1ccc(CCNC(=O)OC(C)(C)C)cc1Br.O[B]Oc1ccc2sc3ccc(B(O)O)cc3c2c1. The summed E-state index contributed by atoms with van der Waals surface area (Å²) in [5, 5.41) is 34.2. The van der Waals surface area contributed by atoms with Crippen molar-refractivity contribution in [1.82, 2.24) is 5.32 Å². The van der Waals surface area contributed by atoms with Crippen molar-refractivity contribution in [2.75, 3.05) is 54.6 Å². The lowest BCUT2D eigenvalue weighted by Crippen LogP contribution is -2.33. The van der Waals surface area contributed by atoms with Gasteiger partial charge in [0.05, 0.1) is 37.4 Å². The number of amides is 1. The minimum absolute atomic E-state index is 0.389. The van der Waals surface area contributed by atoms with Gasteiger partial charge in [-0.3, -0.25) is 0 Å². The number of halogens is 2. The van der Waals surface area contributed by atoms with Gasteiger partial charge in [0.25, 0.3) is 0 Å². The summed E-state index contributed by atoms with van der Waals surface area (Å²) in [6.07, 6.45) is 0.822. The van der Waals surface area contributed by atoms with Crippen molar-refractivity contribution < 1.29 is 72.0 Å². The number of benzene rings is 8. The van der Waals surface area contributed by atoms with Crippen LogP contribution >= 0.6 is 54.5 Å². The number of carbonyl (C=O) groups excluding carboxylic acids is 3. The number of ether oxygens (including phenoxy) is 8. The van der Waals surface area contributed by atoms with Crippen molar-refractivity contribution in [2.45, 2.75) is 105 Å². The number of methoxy groups -OCH3 is 4. The van der Waals surface area contributed by atoms with Gasteiger partial charge in [-0.25, -0.2) is 14.4 Å². The first-order valence-corrected chi connectivity index (χ1v) is 35.3. The number of hydrogen-bond donors (Lipinski definition) is 7. The van der Waals surface area contributed by atoms with Crippen molar-refractivity contribution in [3.63, 3.8) is 0 Å². The van der Waals surface area contributed by atoms with Crippen molar-refractivity contribution in [3.8, 4) is 51.0 Å². The Morgan fingerprint density at radius 3 is 1.22 bits per heavy atom. The molecule has 100 heavy (non-hydrogen) atoms. The molecule has 10 rings (SSSR count). The van der Waals surface area contributed by atoms with Crippen LogP contribution in [0, 0.1) is 0 Å². The second kappa shape index (κ2) is 38.2. The minimum Gasteiger partial charge on any atom is -0.537 e. The van der Waals surface area contributed by atoms with Gasteiger partial charge in [0, 0.05) is 58.0 Å². The van der Waals surface area contributed by atoms with Gasteiger partial charge in [0.2, 0.25) is 0 Å². The zero-order valence-corrected chi connectivity index (χ0v) is 63.5. The van der Waals surface area contributed by atoms with Crippen LogP contribution in [0.15, 0.2) is 155 Å². The van der Waals surface area contributed by atoms with Crippen LogP contribution in [0.1, 0.15) is 84.6 Å². The molecule has 1 amide bonds. The minimum atomic E-state index is -1.48. The molecule has 531 valence electrons. The van der Waals surface area contributed by atoms with E-state index in [9.17, 15) is 24.4 Å². The summed E-state index contributed by atoms with van der Waals surface area (Å²) in [4.78, 5) is 33.5. The lowest BCUT2D eigenvalue weighted by molar-refractivity contribution is -0.0294. The highest BCUT2D eigenvalue weighted by molar-refractivity contribution is 9.11. The first-order valence-electron chi connectivity index (χ1n) is 32.0. The van der Waals surface area contributed by atoms with Crippen molar-refractivity contribution in [2.24, 2.45) is 17.2 Å². The third-order valence-corrected chi connectivity index (χ3v) is 17.9. The first kappa shape index (κ1) is 81.0. The lowest BCUT2D eigenvalue weighted by Gasteiger charge is -2.20. The Kier molecular flexibility index (Phi) is 30.9. The van der Waals surface area contributed by atoms with E-state index in [1.807, 2.05) is 98.8 Å². The second-order valence-corrected chi connectivity index (χ2v) is 29.3. The van der Waals surface area contributed by atoms with E-state index in [0.717, 1.165) is 106 Å². The van der Waals surface area contributed by atoms with Crippen LogP contribution in [0.2, 0.25) is 0 Å². The summed E-state index contributed by atoms with van der Waals surface area (Å²) in [7, 11) is 5.88. The van der Waals surface area contributed by atoms with Crippen LogP contribution in [-0.2, 0) is 44.6 Å². The third kappa shape index (κ3) is 25.0. The Labute approximate surface area is 611 Å². The highest BCUT2D eigenvalue weighted by Gasteiger charge is 2.25. The second-order valence-electron chi connectivity index (χ2n) is 25.5. The number of alkyl carbamates (subject to hydrolysis) is 1. The molecule has 0 aliphatic carbocycles. The Balaban J connectivity index is 0.000000209. The molecule has 8 aromatic carbocycles. The Morgan fingerprint density at radius 1 is 0.470 bits per heavy atom. The molecule has 2 heterocycles. The van der Waals surface area contributed by atoms with E-state index in [2.05, 4.69) is 103 Å². The standard InChI is InChI=1S/C30H30N2O2S.C14H20BrNO3.C12H9B2O4S.C10H18O5.C9H12BrNO/c1-33-27-7-3-19(11-13-31)15-23(27)21-5-9-29-25(17-21)26-18-22(6-10-30(26)35-29)24-16-20(12-14-32)4-8-28(24)34-2;1-14(2,3)19-13(17)16-8-7-10-5-6-12(18-4)11(15)9-10;15-13-18-8-2-4-12-10(6-8)9-5-7(14(16)17)1-3-11(9)19-12;1-9(2,3)14-7(11)13-8(12)15-10(4,5)6;1-12-9-3-2-7(4-5-11)6-8(9)10/h3-10,15-18H,11-14,31-32H2,1-2H3;5-6,9H,7-8H2,1-4H3,(H,16,17);1-6,15-17H;1-6H3;2-3,6H,4-5,11H2,1H3. The van der Waals surface area contributed by atoms with Crippen LogP contribution < -0.4 is 51.6 Å². The maximum Gasteiger partial charge on any atom is 0.569 e. The van der Waals surface area contributed by atoms with Gasteiger partial charge in [0.15, 0.2) is 0 Å². The Bertz CT molecular complexity index is 4220. The summed E-state index contributed by atoms with van der Waals surface area (Å²) < 4.78 is 52.1. The molecule has 0 aliphatic rings. The number of nitrogens with two attached hydrogens (primary N) is 3. The summed E-state index contributed by atoms with van der Waals surface area (Å²) in [6, 6.07) is 48.7. The van der Waals surface area contributed by atoms with Gasteiger partial charge in [-0.1, -0.05) is 48.5 Å². The quantitative estimate of drug-likeness (QED) is 0.0182. The average Bonchev–Trinajstić information content (AvgIpc) is 1.61. The van der Waals surface area contributed by atoms with Gasteiger partial charge < -0.3 is 80.1 Å². The van der Waals surface area contributed by atoms with E-state index in [0.29, 0.717) is 45.1 Å². The van der Waals surface area contributed by atoms with Crippen LogP contribution in [0.3, 0.4) is 0 Å². The summed E-state index contributed by atoms with van der Waals surface area (Å²) >= 11 is 10.3. The van der Waals surface area contributed by atoms with Crippen LogP contribution in [0.4, 0.5) is 14.4 Å². The molecular weight excluding hydrogens is 1440 g/mol. The first-order chi connectivity index (χ1) is 47.4. The smallest absolute Gasteiger partial charge is 0.537 e. The third-order valence-electron chi connectivity index (χ3n) is 14.3. The number of nitrogens with one attached hydrogen (secondary N) is 1. The number of fused-ring (bicyclic) bond motifs is 6. The monoisotopic (exact) mass is 1530 g/mol. The molecule has 0 spiro atoms. The highest BCUT2D eigenvalue weighted by atomic mass is 79.9. The molecule has 0 bridgehead atoms. The van der Waals surface area contributed by atoms with E-state index in [4.69, 9.17) is 60.0 Å².